The van der Waals surface area contributed by atoms with E-state index in [1.807, 2.05) is 20.8 Å². The van der Waals surface area contributed by atoms with Gasteiger partial charge in [0.15, 0.2) is 0 Å². The van der Waals surface area contributed by atoms with Gasteiger partial charge in [-0.15, -0.1) is 0 Å². The molecular weight excluding hydrogens is 426 g/mol. The molecule has 190 valence electrons. The second kappa shape index (κ2) is 12.9. The third-order valence-electron chi connectivity index (χ3n) is 6.19. The second-order valence-corrected chi connectivity index (χ2v) is 10.5. The van der Waals surface area contributed by atoms with Crippen LogP contribution in [0.2, 0.25) is 0 Å². The largest absolute Gasteiger partial charge is 0.496 e. The summed E-state index contributed by atoms with van der Waals surface area (Å²) in [5, 5.41) is 2.78. The van der Waals surface area contributed by atoms with E-state index in [-0.39, 0.29) is 5.92 Å². The van der Waals surface area contributed by atoms with Crippen LogP contribution in [0.3, 0.4) is 0 Å². The molecular formula is C29H45NO4. The molecule has 1 aliphatic rings. The lowest BCUT2D eigenvalue weighted by Crippen LogP contribution is -2.34. The number of aryl methyl sites for hydroxylation is 1. The number of hydrogen-bond acceptors (Lipinski definition) is 4. The van der Waals surface area contributed by atoms with Crippen molar-refractivity contribution in [3.05, 3.63) is 47.1 Å². The van der Waals surface area contributed by atoms with E-state index >= 15 is 0 Å². The molecule has 0 spiro atoms. The van der Waals surface area contributed by atoms with Crippen LogP contribution in [-0.2, 0) is 11.2 Å². The van der Waals surface area contributed by atoms with Gasteiger partial charge in [-0.05, 0) is 83.9 Å². The maximum absolute atomic E-state index is 12.0. The molecule has 5 heteroatoms. The van der Waals surface area contributed by atoms with Crippen molar-refractivity contribution >= 4 is 6.09 Å². The lowest BCUT2D eigenvalue weighted by Gasteiger charge is -2.33. The van der Waals surface area contributed by atoms with Crippen molar-refractivity contribution < 1.29 is 19.0 Å². The number of unbranched alkanes of at least 4 members (excludes halogenated alkanes) is 2. The Kier molecular flexibility index (Phi) is 10.5. The van der Waals surface area contributed by atoms with Crippen molar-refractivity contribution in [1.82, 2.24) is 5.32 Å². The molecule has 0 fully saturated rings. The molecule has 5 nitrogen and oxygen atoms in total. The monoisotopic (exact) mass is 471 g/mol. The third kappa shape index (κ3) is 8.41. The SMILES string of the molecule is C=C(C)[C@@H]1CCC(C)=CC1c1c(OC)cc(CCCCC)cc1OCCNC(=O)OC(C)(C)C. The molecule has 2 rings (SSSR count). The van der Waals surface area contributed by atoms with Crippen molar-refractivity contribution in [3.63, 3.8) is 0 Å². The first-order valence-corrected chi connectivity index (χ1v) is 12.7. The molecule has 0 heterocycles. The first-order chi connectivity index (χ1) is 16.1. The number of nitrogens with one attached hydrogen (secondary N) is 1. The highest BCUT2D eigenvalue weighted by molar-refractivity contribution is 5.67. The van der Waals surface area contributed by atoms with Crippen molar-refractivity contribution in [2.75, 3.05) is 20.3 Å². The van der Waals surface area contributed by atoms with Crippen LogP contribution in [0.1, 0.15) is 90.7 Å². The van der Waals surface area contributed by atoms with E-state index in [0.29, 0.717) is 19.1 Å². The molecule has 0 saturated heterocycles. The van der Waals surface area contributed by atoms with Crippen LogP contribution >= 0.6 is 0 Å². The van der Waals surface area contributed by atoms with Crippen LogP contribution in [-0.4, -0.2) is 32.0 Å². The number of methoxy groups -OCH3 is 1. The summed E-state index contributed by atoms with van der Waals surface area (Å²) in [7, 11) is 1.73. The van der Waals surface area contributed by atoms with Gasteiger partial charge in [-0.25, -0.2) is 4.79 Å². The van der Waals surface area contributed by atoms with Crippen molar-refractivity contribution in [1.29, 1.82) is 0 Å². The minimum atomic E-state index is -0.527. The first-order valence-electron chi connectivity index (χ1n) is 12.7. The fraction of sp³-hybridized carbons (Fsp3) is 0.621. The molecule has 1 unspecified atom stereocenters. The van der Waals surface area contributed by atoms with Gasteiger partial charge in [0, 0.05) is 11.5 Å². The van der Waals surface area contributed by atoms with E-state index in [0.717, 1.165) is 42.7 Å². The second-order valence-electron chi connectivity index (χ2n) is 10.5. The average Bonchev–Trinajstić information content (AvgIpc) is 2.75. The Morgan fingerprint density at radius 2 is 1.91 bits per heavy atom. The molecule has 0 aliphatic heterocycles. The van der Waals surface area contributed by atoms with Crippen molar-refractivity contribution in [2.45, 2.75) is 91.6 Å². The number of amides is 1. The molecule has 0 aromatic heterocycles. The molecule has 0 bridgehead atoms. The Morgan fingerprint density at radius 1 is 1.21 bits per heavy atom. The molecule has 1 N–H and O–H groups in total. The van der Waals surface area contributed by atoms with Gasteiger partial charge < -0.3 is 19.5 Å². The van der Waals surface area contributed by atoms with Gasteiger partial charge in [0.25, 0.3) is 0 Å². The summed E-state index contributed by atoms with van der Waals surface area (Å²) in [6.07, 6.45) is 8.57. The maximum Gasteiger partial charge on any atom is 0.407 e. The first kappa shape index (κ1) is 27.8. The number of carbonyl (C=O) groups excluding carboxylic acids is 1. The summed E-state index contributed by atoms with van der Waals surface area (Å²) >= 11 is 0. The van der Waals surface area contributed by atoms with Crippen LogP contribution in [0.25, 0.3) is 0 Å². The van der Waals surface area contributed by atoms with E-state index < -0.39 is 11.7 Å². The number of allylic oxidation sites excluding steroid dienone is 3. The van der Waals surface area contributed by atoms with E-state index in [9.17, 15) is 4.79 Å². The zero-order valence-corrected chi connectivity index (χ0v) is 22.4. The van der Waals surface area contributed by atoms with E-state index in [2.05, 4.69) is 50.9 Å². The normalized spacial score (nSPS) is 18.1. The molecule has 34 heavy (non-hydrogen) atoms. The van der Waals surface area contributed by atoms with Crippen LogP contribution in [0.4, 0.5) is 4.79 Å². The molecule has 0 saturated carbocycles. The predicted octanol–water partition coefficient (Wildman–Crippen LogP) is 7.35. The molecule has 1 aliphatic carbocycles. The lowest BCUT2D eigenvalue weighted by atomic mass is 9.73. The summed E-state index contributed by atoms with van der Waals surface area (Å²) in [5.74, 6) is 2.19. The van der Waals surface area contributed by atoms with Gasteiger partial charge in [0.05, 0.1) is 13.7 Å². The smallest absolute Gasteiger partial charge is 0.407 e. The van der Waals surface area contributed by atoms with Gasteiger partial charge in [-0.1, -0.05) is 43.6 Å². The summed E-state index contributed by atoms with van der Waals surface area (Å²) in [5.41, 5.74) is 4.33. The van der Waals surface area contributed by atoms with Crippen LogP contribution < -0.4 is 14.8 Å². The highest BCUT2D eigenvalue weighted by Gasteiger charge is 2.31. The summed E-state index contributed by atoms with van der Waals surface area (Å²) in [6.45, 7) is 17.1. The lowest BCUT2D eigenvalue weighted by molar-refractivity contribution is 0.0520. The highest BCUT2D eigenvalue weighted by Crippen LogP contribution is 2.47. The quantitative estimate of drug-likeness (QED) is 0.271. The highest BCUT2D eigenvalue weighted by atomic mass is 16.6. The molecule has 0 radical (unpaired) electrons. The summed E-state index contributed by atoms with van der Waals surface area (Å²) in [6, 6.07) is 4.33. The number of rotatable bonds is 11. The number of hydrogen-bond donors (Lipinski definition) is 1. The zero-order chi connectivity index (χ0) is 25.3. The van der Waals surface area contributed by atoms with Gasteiger partial charge in [0.2, 0.25) is 0 Å². The number of benzene rings is 1. The number of ether oxygens (including phenoxy) is 3. The molecule has 1 amide bonds. The fourth-order valence-electron chi connectivity index (χ4n) is 4.53. The van der Waals surface area contributed by atoms with Crippen molar-refractivity contribution in [3.8, 4) is 11.5 Å². The Hall–Kier alpha value is -2.43. The summed E-state index contributed by atoms with van der Waals surface area (Å²) < 4.78 is 17.6. The van der Waals surface area contributed by atoms with Crippen molar-refractivity contribution in [2.24, 2.45) is 5.92 Å². The standard InChI is InChI=1S/C29H45NO4/c1-9-10-11-12-22-18-25(32-8)27(24-17-21(4)13-14-23(24)20(2)3)26(19-22)33-16-15-30-28(31)34-29(5,6)7/h17-19,23-24H,2,9-16H2,1,3-8H3,(H,30,31)/t23-,24?/m0/s1. The fourth-order valence-corrected chi connectivity index (χ4v) is 4.53. The maximum atomic E-state index is 12.0. The van der Waals surface area contributed by atoms with Gasteiger partial charge in [-0.2, -0.15) is 0 Å². The van der Waals surface area contributed by atoms with Gasteiger partial charge in [0.1, 0.15) is 23.7 Å². The topological polar surface area (TPSA) is 56.8 Å². The molecule has 1 aromatic carbocycles. The molecule has 1 aromatic rings. The van der Waals surface area contributed by atoms with E-state index in [4.69, 9.17) is 14.2 Å². The van der Waals surface area contributed by atoms with Crippen LogP contribution in [0.5, 0.6) is 11.5 Å². The van der Waals surface area contributed by atoms with Gasteiger partial charge in [-0.3, -0.25) is 0 Å². The Balaban J connectivity index is 2.32. The third-order valence-corrected chi connectivity index (χ3v) is 6.19. The van der Waals surface area contributed by atoms with E-state index in [1.165, 1.54) is 29.6 Å². The van der Waals surface area contributed by atoms with Crippen LogP contribution in [0, 0.1) is 5.92 Å². The zero-order valence-electron chi connectivity index (χ0n) is 22.4. The minimum Gasteiger partial charge on any atom is -0.496 e. The predicted molar refractivity (Wildman–Crippen MR) is 140 cm³/mol. The summed E-state index contributed by atoms with van der Waals surface area (Å²) in [4.78, 5) is 12.0. The molecule has 2 atom stereocenters. The van der Waals surface area contributed by atoms with E-state index in [1.54, 1.807) is 7.11 Å². The Morgan fingerprint density at radius 3 is 2.53 bits per heavy atom. The Labute approximate surface area is 206 Å². The average molecular weight is 472 g/mol. The van der Waals surface area contributed by atoms with Crippen LogP contribution in [0.15, 0.2) is 35.9 Å². The van der Waals surface area contributed by atoms with Gasteiger partial charge >= 0.3 is 6.09 Å². The number of alkyl carbamates (subject to hydrolysis) is 1. The Bertz CT molecular complexity index is 866. The minimum absolute atomic E-state index is 0.153. The number of carbonyl (C=O) groups is 1.